The fourth-order valence-corrected chi connectivity index (χ4v) is 1.72. The van der Waals surface area contributed by atoms with Gasteiger partial charge in [0.05, 0.1) is 7.11 Å². The number of allylic oxidation sites excluding steroid dienone is 1. The molecule has 1 heterocycles. The third kappa shape index (κ3) is 2.82. The van der Waals surface area contributed by atoms with Crippen molar-refractivity contribution in [3.8, 4) is 5.75 Å². The van der Waals surface area contributed by atoms with Crippen molar-refractivity contribution in [1.29, 1.82) is 0 Å². The molecule has 2 rings (SSSR count). The van der Waals surface area contributed by atoms with E-state index >= 15 is 0 Å². The van der Waals surface area contributed by atoms with Crippen LogP contribution in [0.5, 0.6) is 5.75 Å². The zero-order valence-corrected chi connectivity index (χ0v) is 10.3. The summed E-state index contributed by atoms with van der Waals surface area (Å²) in [5, 5.41) is 10.5. The molecule has 0 atom stereocenters. The molecule has 0 aliphatic heterocycles. The standard InChI is InChI=1S/C14H12O5/c1-18-12(16)4-2-3-10-11(15)7-5-9-6-8-13(17)19-14(9)10/h2,4-8,15H,3H2,1H3. The Morgan fingerprint density at radius 1 is 1.37 bits per heavy atom. The van der Waals surface area contributed by atoms with Gasteiger partial charge in [0.25, 0.3) is 0 Å². The second kappa shape index (κ2) is 5.39. The molecule has 5 heteroatoms. The Labute approximate surface area is 108 Å². The molecule has 0 saturated heterocycles. The van der Waals surface area contributed by atoms with Gasteiger partial charge in [0.15, 0.2) is 0 Å². The molecule has 5 nitrogen and oxygen atoms in total. The van der Waals surface area contributed by atoms with Gasteiger partial charge in [-0.1, -0.05) is 6.08 Å². The number of hydrogen-bond donors (Lipinski definition) is 1. The SMILES string of the molecule is COC(=O)C=CCc1c(O)ccc2ccc(=O)oc12. The summed E-state index contributed by atoms with van der Waals surface area (Å²) in [5.41, 5.74) is 0.286. The van der Waals surface area contributed by atoms with Crippen LogP contribution < -0.4 is 5.63 Å². The number of phenolic OH excluding ortho intramolecular Hbond substituents is 1. The van der Waals surface area contributed by atoms with Gasteiger partial charge < -0.3 is 14.3 Å². The number of aromatic hydroxyl groups is 1. The van der Waals surface area contributed by atoms with Gasteiger partial charge >= 0.3 is 11.6 Å². The van der Waals surface area contributed by atoms with Gasteiger partial charge in [0.2, 0.25) is 0 Å². The molecule has 0 unspecified atom stereocenters. The van der Waals surface area contributed by atoms with Crippen molar-refractivity contribution < 1.29 is 19.1 Å². The van der Waals surface area contributed by atoms with E-state index in [-0.39, 0.29) is 12.2 Å². The molecule has 0 saturated carbocycles. The van der Waals surface area contributed by atoms with Gasteiger partial charge in [-0.3, -0.25) is 0 Å². The quantitative estimate of drug-likeness (QED) is 0.517. The Hall–Kier alpha value is -2.56. The fraction of sp³-hybridized carbons (Fsp3) is 0.143. The summed E-state index contributed by atoms with van der Waals surface area (Å²) in [6.07, 6.45) is 3.04. The van der Waals surface area contributed by atoms with E-state index in [1.165, 1.54) is 31.4 Å². The zero-order valence-electron chi connectivity index (χ0n) is 10.3. The summed E-state index contributed by atoms with van der Waals surface area (Å²) in [6.45, 7) is 0. The monoisotopic (exact) mass is 260 g/mol. The van der Waals surface area contributed by atoms with Crippen LogP contribution in [0.2, 0.25) is 0 Å². The molecule has 2 aromatic rings. The van der Waals surface area contributed by atoms with Crippen molar-refractivity contribution in [2.45, 2.75) is 6.42 Å². The van der Waals surface area contributed by atoms with Crippen molar-refractivity contribution in [2.24, 2.45) is 0 Å². The summed E-state index contributed by atoms with van der Waals surface area (Å²) in [5.74, 6) is -0.474. The van der Waals surface area contributed by atoms with Gasteiger partial charge in [-0.25, -0.2) is 9.59 Å². The largest absolute Gasteiger partial charge is 0.508 e. The number of fused-ring (bicyclic) bond motifs is 1. The van der Waals surface area contributed by atoms with E-state index in [1.807, 2.05) is 0 Å². The predicted molar refractivity (Wildman–Crippen MR) is 69.0 cm³/mol. The first-order valence-electron chi connectivity index (χ1n) is 5.61. The summed E-state index contributed by atoms with van der Waals surface area (Å²) in [4.78, 5) is 22.2. The molecule has 0 bridgehead atoms. The van der Waals surface area contributed by atoms with Crippen LogP contribution in [0.3, 0.4) is 0 Å². The lowest BCUT2D eigenvalue weighted by Gasteiger charge is -2.05. The second-order valence-electron chi connectivity index (χ2n) is 3.87. The highest BCUT2D eigenvalue weighted by atomic mass is 16.5. The highest BCUT2D eigenvalue weighted by Crippen LogP contribution is 2.26. The number of esters is 1. The van der Waals surface area contributed by atoms with Crippen LogP contribution >= 0.6 is 0 Å². The molecular weight excluding hydrogens is 248 g/mol. The molecule has 0 spiro atoms. The average molecular weight is 260 g/mol. The van der Waals surface area contributed by atoms with Gasteiger partial charge in [-0.15, -0.1) is 0 Å². The molecule has 1 aromatic heterocycles. The number of hydrogen-bond acceptors (Lipinski definition) is 5. The normalized spacial score (nSPS) is 11.0. The zero-order chi connectivity index (χ0) is 13.8. The van der Waals surface area contributed by atoms with Crippen LogP contribution in [-0.2, 0) is 16.0 Å². The Kier molecular flexibility index (Phi) is 3.66. The summed E-state index contributed by atoms with van der Waals surface area (Å²) < 4.78 is 9.56. The van der Waals surface area contributed by atoms with E-state index in [9.17, 15) is 14.7 Å². The Balaban J connectivity index is 2.43. The highest BCUT2D eigenvalue weighted by Gasteiger charge is 2.08. The van der Waals surface area contributed by atoms with Crippen LogP contribution in [0.4, 0.5) is 0 Å². The van der Waals surface area contributed by atoms with E-state index in [0.29, 0.717) is 16.5 Å². The molecule has 0 aliphatic carbocycles. The molecular formula is C14H12O5. The molecule has 0 radical (unpaired) electrons. The lowest BCUT2D eigenvalue weighted by atomic mass is 10.1. The molecule has 0 aliphatic rings. The molecule has 1 N–H and O–H groups in total. The van der Waals surface area contributed by atoms with Crippen molar-refractivity contribution in [2.75, 3.05) is 7.11 Å². The summed E-state index contributed by atoms with van der Waals surface area (Å²) in [6, 6.07) is 6.10. The smallest absolute Gasteiger partial charge is 0.336 e. The van der Waals surface area contributed by atoms with E-state index in [4.69, 9.17) is 4.42 Å². The minimum absolute atomic E-state index is 0.0105. The maximum atomic E-state index is 11.2. The van der Waals surface area contributed by atoms with Crippen LogP contribution in [0.25, 0.3) is 11.0 Å². The van der Waals surface area contributed by atoms with Gasteiger partial charge in [0, 0.05) is 23.1 Å². The molecule has 19 heavy (non-hydrogen) atoms. The minimum Gasteiger partial charge on any atom is -0.508 e. The number of benzene rings is 1. The number of phenols is 1. The van der Waals surface area contributed by atoms with Crippen molar-refractivity contribution in [3.05, 3.63) is 52.4 Å². The number of carbonyl (C=O) groups excluding carboxylic acids is 1. The Morgan fingerprint density at radius 2 is 2.11 bits per heavy atom. The number of methoxy groups -OCH3 is 1. The Morgan fingerprint density at radius 3 is 2.84 bits per heavy atom. The third-order valence-electron chi connectivity index (χ3n) is 2.64. The van der Waals surface area contributed by atoms with Crippen LogP contribution in [0, 0.1) is 0 Å². The highest BCUT2D eigenvalue weighted by molar-refractivity contribution is 5.83. The number of ether oxygens (including phenoxy) is 1. The topological polar surface area (TPSA) is 76.7 Å². The molecule has 0 fully saturated rings. The second-order valence-corrected chi connectivity index (χ2v) is 3.87. The van der Waals surface area contributed by atoms with Crippen LogP contribution in [0.1, 0.15) is 5.56 Å². The molecule has 98 valence electrons. The van der Waals surface area contributed by atoms with Gasteiger partial charge in [0.1, 0.15) is 11.3 Å². The lowest BCUT2D eigenvalue weighted by molar-refractivity contribution is -0.134. The maximum Gasteiger partial charge on any atom is 0.336 e. The van der Waals surface area contributed by atoms with Crippen molar-refractivity contribution >= 4 is 16.9 Å². The van der Waals surface area contributed by atoms with E-state index in [2.05, 4.69) is 4.74 Å². The van der Waals surface area contributed by atoms with Crippen LogP contribution in [0.15, 0.2) is 45.6 Å². The third-order valence-corrected chi connectivity index (χ3v) is 2.64. The van der Waals surface area contributed by atoms with Crippen LogP contribution in [-0.4, -0.2) is 18.2 Å². The summed E-state index contributed by atoms with van der Waals surface area (Å²) >= 11 is 0. The first-order valence-corrected chi connectivity index (χ1v) is 5.61. The minimum atomic E-state index is -0.490. The van der Waals surface area contributed by atoms with E-state index in [0.717, 1.165) is 0 Å². The van der Waals surface area contributed by atoms with E-state index in [1.54, 1.807) is 12.1 Å². The molecule has 0 amide bonds. The first kappa shape index (κ1) is 12.9. The predicted octanol–water partition coefficient (Wildman–Crippen LogP) is 1.77. The van der Waals surface area contributed by atoms with Gasteiger partial charge in [-0.2, -0.15) is 0 Å². The van der Waals surface area contributed by atoms with Crippen molar-refractivity contribution in [1.82, 2.24) is 0 Å². The Bertz CT molecular complexity index is 697. The fourth-order valence-electron chi connectivity index (χ4n) is 1.72. The van der Waals surface area contributed by atoms with Gasteiger partial charge in [-0.05, 0) is 24.6 Å². The average Bonchev–Trinajstić information content (AvgIpc) is 2.41. The number of carbonyl (C=O) groups is 1. The van der Waals surface area contributed by atoms with E-state index < -0.39 is 11.6 Å². The lowest BCUT2D eigenvalue weighted by Crippen LogP contribution is -1.98. The maximum absolute atomic E-state index is 11.2. The summed E-state index contributed by atoms with van der Waals surface area (Å²) in [7, 11) is 1.28. The van der Waals surface area contributed by atoms with Crippen molar-refractivity contribution in [3.63, 3.8) is 0 Å². The molecule has 1 aromatic carbocycles. The first-order chi connectivity index (χ1) is 9.11. The number of rotatable bonds is 3.